The predicted molar refractivity (Wildman–Crippen MR) is 77.1 cm³/mol. The topological polar surface area (TPSA) is 26.3 Å². The number of thiophene rings is 1. The molecule has 2 saturated carbocycles. The number of ether oxygens (including phenoxy) is 1. The lowest BCUT2D eigenvalue weighted by Gasteiger charge is -2.38. The normalized spacial score (nSPS) is 35.5. The van der Waals surface area contributed by atoms with Gasteiger partial charge >= 0.3 is 5.97 Å². The fourth-order valence-corrected chi connectivity index (χ4v) is 4.75. The van der Waals surface area contributed by atoms with E-state index in [0.29, 0.717) is 11.8 Å². The van der Waals surface area contributed by atoms with Crippen LogP contribution >= 0.6 is 11.3 Å². The Morgan fingerprint density at radius 3 is 2.79 bits per heavy atom. The molecule has 104 valence electrons. The quantitative estimate of drug-likeness (QED) is 0.780. The van der Waals surface area contributed by atoms with Crippen molar-refractivity contribution in [2.24, 2.45) is 16.7 Å². The van der Waals surface area contributed by atoms with E-state index in [9.17, 15) is 4.79 Å². The molecule has 2 bridgehead atoms. The van der Waals surface area contributed by atoms with Crippen molar-refractivity contribution in [2.45, 2.75) is 52.6 Å². The van der Waals surface area contributed by atoms with Crippen LogP contribution in [-0.4, -0.2) is 12.1 Å². The van der Waals surface area contributed by atoms with Crippen molar-refractivity contribution in [3.8, 4) is 0 Å². The number of fused-ring (bicyclic) bond motifs is 2. The summed E-state index contributed by atoms with van der Waals surface area (Å²) in [7, 11) is 0. The Balaban J connectivity index is 1.67. The Kier molecular flexibility index (Phi) is 3.01. The average molecular weight is 278 g/mol. The highest BCUT2D eigenvalue weighted by atomic mass is 32.1. The Bertz CT molecular complexity index is 477. The molecule has 0 spiro atoms. The van der Waals surface area contributed by atoms with E-state index >= 15 is 0 Å². The number of hydrogen-bond acceptors (Lipinski definition) is 3. The van der Waals surface area contributed by atoms with Gasteiger partial charge in [-0.25, -0.2) is 0 Å². The van der Waals surface area contributed by atoms with Gasteiger partial charge < -0.3 is 4.74 Å². The lowest BCUT2D eigenvalue weighted by molar-refractivity contribution is -0.155. The van der Waals surface area contributed by atoms with E-state index in [0.717, 1.165) is 17.2 Å². The average Bonchev–Trinajstić information content (AvgIpc) is 2.95. The second-order valence-electron chi connectivity index (χ2n) is 6.85. The number of rotatable bonds is 3. The van der Waals surface area contributed by atoms with Gasteiger partial charge in [-0.15, -0.1) is 11.3 Å². The second kappa shape index (κ2) is 4.34. The highest BCUT2D eigenvalue weighted by Gasteiger charge is 2.62. The summed E-state index contributed by atoms with van der Waals surface area (Å²) in [4.78, 5) is 13.2. The summed E-state index contributed by atoms with van der Waals surface area (Å²) in [5.41, 5.74) is 0.476. The van der Waals surface area contributed by atoms with Crippen LogP contribution in [-0.2, 0) is 16.0 Å². The minimum absolute atomic E-state index is 0.0583. The van der Waals surface area contributed by atoms with Crippen LogP contribution in [0.4, 0.5) is 0 Å². The summed E-state index contributed by atoms with van der Waals surface area (Å²) in [6, 6.07) is 3.98. The van der Waals surface area contributed by atoms with Gasteiger partial charge in [0.05, 0.1) is 6.42 Å². The van der Waals surface area contributed by atoms with Gasteiger partial charge in [0.2, 0.25) is 0 Å². The number of carbonyl (C=O) groups excluding carboxylic acids is 1. The molecule has 0 saturated heterocycles. The zero-order chi connectivity index (χ0) is 13.7. The van der Waals surface area contributed by atoms with Crippen molar-refractivity contribution in [1.29, 1.82) is 0 Å². The van der Waals surface area contributed by atoms with Crippen LogP contribution in [0, 0.1) is 16.7 Å². The van der Waals surface area contributed by atoms with E-state index in [1.807, 2.05) is 17.5 Å². The van der Waals surface area contributed by atoms with Crippen molar-refractivity contribution in [3.05, 3.63) is 22.4 Å². The van der Waals surface area contributed by atoms with Crippen LogP contribution in [0.15, 0.2) is 17.5 Å². The minimum Gasteiger partial charge on any atom is -0.461 e. The van der Waals surface area contributed by atoms with Crippen molar-refractivity contribution in [3.63, 3.8) is 0 Å². The van der Waals surface area contributed by atoms with Crippen LogP contribution in [0.3, 0.4) is 0 Å². The van der Waals surface area contributed by atoms with Crippen molar-refractivity contribution < 1.29 is 9.53 Å². The second-order valence-corrected chi connectivity index (χ2v) is 7.88. The van der Waals surface area contributed by atoms with E-state index in [2.05, 4.69) is 20.8 Å². The van der Waals surface area contributed by atoms with E-state index < -0.39 is 0 Å². The number of carbonyl (C=O) groups is 1. The highest BCUT2D eigenvalue weighted by molar-refractivity contribution is 7.10. The predicted octanol–water partition coefficient (Wildman–Crippen LogP) is 4.05. The first-order valence-corrected chi connectivity index (χ1v) is 8.03. The minimum atomic E-state index is -0.0583. The summed E-state index contributed by atoms with van der Waals surface area (Å²) >= 11 is 1.62. The molecule has 3 atom stereocenters. The third-order valence-electron chi connectivity index (χ3n) is 5.89. The summed E-state index contributed by atoms with van der Waals surface area (Å²) in [5, 5.41) is 2.00. The highest BCUT2D eigenvalue weighted by Crippen LogP contribution is 2.66. The van der Waals surface area contributed by atoms with Crippen LogP contribution < -0.4 is 0 Å². The Morgan fingerprint density at radius 1 is 1.47 bits per heavy atom. The van der Waals surface area contributed by atoms with Crippen LogP contribution in [0.5, 0.6) is 0 Å². The molecular weight excluding hydrogens is 256 g/mol. The molecule has 0 amide bonds. The smallest absolute Gasteiger partial charge is 0.311 e. The first kappa shape index (κ1) is 13.2. The van der Waals surface area contributed by atoms with Gasteiger partial charge in [0, 0.05) is 10.3 Å². The molecule has 2 nitrogen and oxygen atoms in total. The van der Waals surface area contributed by atoms with Gasteiger partial charge in [-0.3, -0.25) is 4.79 Å². The SMILES string of the molecule is CC1(C)C2CCC1(C)C(OC(=O)Cc1cccs1)C2. The fraction of sp³-hybridized carbons (Fsp3) is 0.688. The molecule has 0 N–H and O–H groups in total. The molecule has 1 aromatic rings. The van der Waals surface area contributed by atoms with Gasteiger partial charge in [0.1, 0.15) is 6.10 Å². The lowest BCUT2D eigenvalue weighted by atomic mass is 9.70. The summed E-state index contributed by atoms with van der Waals surface area (Å²) in [6.07, 6.45) is 4.09. The van der Waals surface area contributed by atoms with Gasteiger partial charge in [-0.05, 0) is 42.0 Å². The summed E-state index contributed by atoms with van der Waals surface area (Å²) < 4.78 is 5.82. The molecule has 0 aliphatic heterocycles. The molecule has 3 heteroatoms. The number of hydrogen-bond donors (Lipinski definition) is 0. The maximum Gasteiger partial charge on any atom is 0.311 e. The van der Waals surface area contributed by atoms with Gasteiger partial charge in [-0.1, -0.05) is 26.8 Å². The standard InChI is InChI=1S/C16H22O2S/c1-15(2)11-6-7-16(15,3)13(9-11)18-14(17)10-12-5-4-8-19-12/h4-5,8,11,13H,6-7,9-10H2,1-3H3. The van der Waals surface area contributed by atoms with Gasteiger partial charge in [0.15, 0.2) is 0 Å². The molecule has 2 aliphatic rings. The third-order valence-corrected chi connectivity index (χ3v) is 6.76. The maximum atomic E-state index is 12.1. The lowest BCUT2D eigenvalue weighted by Crippen LogP contribution is -2.38. The molecule has 0 aromatic carbocycles. The van der Waals surface area contributed by atoms with E-state index in [1.165, 1.54) is 12.8 Å². The van der Waals surface area contributed by atoms with Gasteiger partial charge in [-0.2, -0.15) is 0 Å². The van der Waals surface area contributed by atoms with Crippen molar-refractivity contribution in [2.75, 3.05) is 0 Å². The molecule has 19 heavy (non-hydrogen) atoms. The molecule has 1 heterocycles. The molecule has 2 fully saturated rings. The van der Waals surface area contributed by atoms with Crippen LogP contribution in [0.25, 0.3) is 0 Å². The monoisotopic (exact) mass is 278 g/mol. The first-order valence-electron chi connectivity index (χ1n) is 7.15. The number of esters is 1. The third kappa shape index (κ3) is 1.94. The van der Waals surface area contributed by atoms with Crippen molar-refractivity contribution in [1.82, 2.24) is 0 Å². The summed E-state index contributed by atoms with van der Waals surface area (Å²) in [5.74, 6) is 0.661. The van der Waals surface area contributed by atoms with Crippen molar-refractivity contribution >= 4 is 17.3 Å². The molecule has 0 radical (unpaired) electrons. The molecule has 1 aromatic heterocycles. The zero-order valence-corrected chi connectivity index (χ0v) is 12.8. The van der Waals surface area contributed by atoms with E-state index in [1.54, 1.807) is 11.3 Å². The first-order chi connectivity index (χ1) is 8.93. The fourth-order valence-electron chi connectivity index (χ4n) is 4.06. The molecule has 3 unspecified atom stereocenters. The Labute approximate surface area is 119 Å². The van der Waals surface area contributed by atoms with Gasteiger partial charge in [0.25, 0.3) is 0 Å². The summed E-state index contributed by atoms with van der Waals surface area (Å²) in [6.45, 7) is 7.00. The zero-order valence-electron chi connectivity index (χ0n) is 11.9. The Hall–Kier alpha value is -0.830. The van der Waals surface area contributed by atoms with E-state index in [4.69, 9.17) is 4.74 Å². The van der Waals surface area contributed by atoms with Crippen LogP contribution in [0.1, 0.15) is 44.9 Å². The largest absolute Gasteiger partial charge is 0.461 e. The molecular formula is C16H22O2S. The van der Waals surface area contributed by atoms with E-state index in [-0.39, 0.29) is 17.5 Å². The Morgan fingerprint density at radius 2 is 2.26 bits per heavy atom. The molecule has 2 aliphatic carbocycles. The molecule has 3 rings (SSSR count). The van der Waals surface area contributed by atoms with Crippen LogP contribution in [0.2, 0.25) is 0 Å². The maximum absolute atomic E-state index is 12.1.